The van der Waals surface area contributed by atoms with Crippen molar-refractivity contribution in [3.63, 3.8) is 0 Å². The number of H-pyrrole nitrogens is 1. The Kier molecular flexibility index (Phi) is 2.69. The van der Waals surface area contributed by atoms with Gasteiger partial charge in [-0.1, -0.05) is 24.3 Å². The van der Waals surface area contributed by atoms with Gasteiger partial charge in [0.15, 0.2) is 0 Å². The van der Waals surface area contributed by atoms with Crippen LogP contribution in [0.1, 0.15) is 11.1 Å². The molecule has 2 rings (SSSR count). The Bertz CT molecular complexity index is 481. The van der Waals surface area contributed by atoms with Crippen molar-refractivity contribution in [3.05, 3.63) is 58.3 Å². The number of hydrogen-bond donors (Lipinski definition) is 2. The van der Waals surface area contributed by atoms with Crippen molar-refractivity contribution in [2.45, 2.75) is 13.1 Å². The van der Waals surface area contributed by atoms with Gasteiger partial charge in [-0.05, 0) is 11.1 Å². The zero-order valence-corrected chi connectivity index (χ0v) is 8.31. The predicted octanol–water partition coefficient (Wildman–Crippen LogP) is 0.683. The molecule has 0 aliphatic carbocycles. The van der Waals surface area contributed by atoms with Crippen LogP contribution >= 0.6 is 0 Å². The van der Waals surface area contributed by atoms with Gasteiger partial charge in [-0.3, -0.25) is 4.57 Å². The summed E-state index contributed by atoms with van der Waals surface area (Å²) in [5.41, 5.74) is 7.60. The van der Waals surface area contributed by atoms with Crippen molar-refractivity contribution in [1.82, 2.24) is 9.55 Å². The van der Waals surface area contributed by atoms with E-state index in [9.17, 15) is 4.79 Å². The number of rotatable bonds is 3. The van der Waals surface area contributed by atoms with E-state index in [1.165, 1.54) is 0 Å². The monoisotopic (exact) mass is 203 g/mol. The zero-order chi connectivity index (χ0) is 10.7. The van der Waals surface area contributed by atoms with E-state index < -0.39 is 0 Å². The highest BCUT2D eigenvalue weighted by atomic mass is 16.1. The summed E-state index contributed by atoms with van der Waals surface area (Å²) in [6.07, 6.45) is 3.37. The van der Waals surface area contributed by atoms with E-state index >= 15 is 0 Å². The molecule has 1 aromatic carbocycles. The number of nitrogens with zero attached hydrogens (tertiary/aromatic N) is 1. The first-order chi connectivity index (χ1) is 7.29. The molecule has 0 bridgehead atoms. The lowest BCUT2D eigenvalue weighted by molar-refractivity contribution is 0.761. The minimum absolute atomic E-state index is 0.0853. The van der Waals surface area contributed by atoms with Gasteiger partial charge in [0, 0.05) is 18.9 Å². The third-order valence-corrected chi connectivity index (χ3v) is 2.33. The van der Waals surface area contributed by atoms with E-state index in [2.05, 4.69) is 4.98 Å². The van der Waals surface area contributed by atoms with Gasteiger partial charge in [-0.15, -0.1) is 0 Å². The average Bonchev–Trinajstić information content (AvgIpc) is 2.66. The topological polar surface area (TPSA) is 63.8 Å². The van der Waals surface area contributed by atoms with Gasteiger partial charge in [-0.25, -0.2) is 4.79 Å². The van der Waals surface area contributed by atoms with Crippen LogP contribution in [0.4, 0.5) is 0 Å². The van der Waals surface area contributed by atoms with Crippen molar-refractivity contribution < 1.29 is 0 Å². The summed E-state index contributed by atoms with van der Waals surface area (Å²) >= 11 is 0. The quantitative estimate of drug-likeness (QED) is 0.770. The fourth-order valence-electron chi connectivity index (χ4n) is 1.45. The number of benzene rings is 1. The smallest absolute Gasteiger partial charge is 0.325 e. The molecular formula is C11H13N3O. The van der Waals surface area contributed by atoms with E-state index in [0.29, 0.717) is 13.1 Å². The van der Waals surface area contributed by atoms with Gasteiger partial charge in [-0.2, -0.15) is 0 Å². The fraction of sp³-hybridized carbons (Fsp3) is 0.182. The van der Waals surface area contributed by atoms with Gasteiger partial charge in [0.1, 0.15) is 0 Å². The SMILES string of the molecule is NCc1ccc(Cn2cc[nH]c2=O)cc1. The van der Waals surface area contributed by atoms with Gasteiger partial charge in [0.25, 0.3) is 0 Å². The number of nitrogens with two attached hydrogens (primary N) is 1. The first-order valence-corrected chi connectivity index (χ1v) is 4.81. The Morgan fingerprint density at radius 3 is 2.40 bits per heavy atom. The molecule has 4 nitrogen and oxygen atoms in total. The van der Waals surface area contributed by atoms with E-state index in [1.54, 1.807) is 17.0 Å². The lowest BCUT2D eigenvalue weighted by Gasteiger charge is -2.02. The maximum Gasteiger partial charge on any atom is 0.325 e. The van der Waals surface area contributed by atoms with E-state index in [4.69, 9.17) is 5.73 Å². The molecule has 0 saturated heterocycles. The van der Waals surface area contributed by atoms with Crippen LogP contribution in [0.15, 0.2) is 41.5 Å². The second-order valence-electron chi connectivity index (χ2n) is 3.41. The zero-order valence-electron chi connectivity index (χ0n) is 8.31. The molecular weight excluding hydrogens is 190 g/mol. The predicted molar refractivity (Wildman–Crippen MR) is 58.5 cm³/mol. The first kappa shape index (κ1) is 9.73. The lowest BCUT2D eigenvalue weighted by atomic mass is 10.1. The van der Waals surface area contributed by atoms with Crippen LogP contribution in [0.3, 0.4) is 0 Å². The molecule has 15 heavy (non-hydrogen) atoms. The number of aromatic nitrogens is 2. The molecule has 0 amide bonds. The average molecular weight is 203 g/mol. The molecule has 4 heteroatoms. The molecule has 0 saturated carbocycles. The minimum Gasteiger partial charge on any atom is -0.326 e. The molecule has 2 aromatic rings. The van der Waals surface area contributed by atoms with Gasteiger partial charge in [0.2, 0.25) is 0 Å². The summed E-state index contributed by atoms with van der Waals surface area (Å²) < 4.78 is 1.62. The van der Waals surface area contributed by atoms with Crippen molar-refractivity contribution in [1.29, 1.82) is 0 Å². The van der Waals surface area contributed by atoms with E-state index in [-0.39, 0.29) is 5.69 Å². The molecule has 3 N–H and O–H groups in total. The molecule has 0 aliphatic heterocycles. The third-order valence-electron chi connectivity index (χ3n) is 2.33. The largest absolute Gasteiger partial charge is 0.326 e. The van der Waals surface area contributed by atoms with Crippen LogP contribution in [0.5, 0.6) is 0 Å². The lowest BCUT2D eigenvalue weighted by Crippen LogP contribution is -2.16. The molecule has 0 unspecified atom stereocenters. The fourth-order valence-corrected chi connectivity index (χ4v) is 1.45. The van der Waals surface area contributed by atoms with Crippen LogP contribution in [-0.2, 0) is 13.1 Å². The van der Waals surface area contributed by atoms with E-state index in [0.717, 1.165) is 11.1 Å². The Hall–Kier alpha value is -1.81. The van der Waals surface area contributed by atoms with Crippen LogP contribution < -0.4 is 11.4 Å². The molecule has 1 aromatic heterocycles. The van der Waals surface area contributed by atoms with Crippen molar-refractivity contribution in [3.8, 4) is 0 Å². The summed E-state index contributed by atoms with van der Waals surface area (Å²) in [6.45, 7) is 1.14. The Morgan fingerprint density at radius 2 is 1.87 bits per heavy atom. The summed E-state index contributed by atoms with van der Waals surface area (Å²) in [5.74, 6) is 0. The van der Waals surface area contributed by atoms with Crippen LogP contribution in [0.2, 0.25) is 0 Å². The second kappa shape index (κ2) is 4.14. The minimum atomic E-state index is -0.0853. The third kappa shape index (κ3) is 2.16. The summed E-state index contributed by atoms with van der Waals surface area (Å²) in [4.78, 5) is 13.8. The van der Waals surface area contributed by atoms with E-state index in [1.807, 2.05) is 24.3 Å². The Balaban J connectivity index is 2.18. The number of hydrogen-bond acceptors (Lipinski definition) is 2. The highest BCUT2D eigenvalue weighted by Gasteiger charge is 1.97. The normalized spacial score (nSPS) is 10.5. The molecule has 0 atom stereocenters. The second-order valence-corrected chi connectivity index (χ2v) is 3.41. The summed E-state index contributed by atoms with van der Waals surface area (Å²) in [6, 6.07) is 7.93. The number of nitrogens with one attached hydrogen (secondary N) is 1. The maximum atomic E-state index is 11.2. The molecule has 0 radical (unpaired) electrons. The molecule has 0 aliphatic rings. The molecule has 78 valence electrons. The first-order valence-electron chi connectivity index (χ1n) is 4.81. The molecule has 1 heterocycles. The number of imidazole rings is 1. The molecule has 0 fully saturated rings. The van der Waals surface area contributed by atoms with Gasteiger partial charge < -0.3 is 10.7 Å². The molecule has 0 spiro atoms. The van der Waals surface area contributed by atoms with Crippen molar-refractivity contribution in [2.24, 2.45) is 5.73 Å². The Morgan fingerprint density at radius 1 is 1.20 bits per heavy atom. The standard InChI is InChI=1S/C11H13N3O/c12-7-9-1-3-10(4-2-9)8-14-6-5-13-11(14)15/h1-6H,7-8,12H2,(H,13,15). The maximum absolute atomic E-state index is 11.2. The van der Waals surface area contributed by atoms with Gasteiger partial charge >= 0.3 is 5.69 Å². The highest BCUT2D eigenvalue weighted by molar-refractivity contribution is 5.22. The highest BCUT2D eigenvalue weighted by Crippen LogP contribution is 2.04. The van der Waals surface area contributed by atoms with Crippen molar-refractivity contribution >= 4 is 0 Å². The van der Waals surface area contributed by atoms with Gasteiger partial charge in [0.05, 0.1) is 6.54 Å². The number of aromatic amines is 1. The van der Waals surface area contributed by atoms with Crippen LogP contribution in [0, 0.1) is 0 Å². The van der Waals surface area contributed by atoms with Crippen molar-refractivity contribution in [2.75, 3.05) is 0 Å². The Labute approximate surface area is 87.4 Å². The van der Waals surface area contributed by atoms with Crippen LogP contribution in [0.25, 0.3) is 0 Å². The summed E-state index contributed by atoms with van der Waals surface area (Å²) in [5, 5.41) is 0. The summed E-state index contributed by atoms with van der Waals surface area (Å²) in [7, 11) is 0. The van der Waals surface area contributed by atoms with Crippen LogP contribution in [-0.4, -0.2) is 9.55 Å².